The van der Waals surface area contributed by atoms with Crippen molar-refractivity contribution >= 4 is 15.9 Å². The van der Waals surface area contributed by atoms with Gasteiger partial charge in [-0.15, -0.1) is 0 Å². The fourth-order valence-corrected chi connectivity index (χ4v) is 2.12. The van der Waals surface area contributed by atoms with E-state index in [4.69, 9.17) is 4.42 Å². The summed E-state index contributed by atoms with van der Waals surface area (Å²) in [4.78, 5) is 0. The van der Waals surface area contributed by atoms with Gasteiger partial charge in [-0.2, -0.15) is 0 Å². The Hall–Kier alpha value is -1.06. The molecule has 0 atom stereocenters. The third-order valence-electron chi connectivity index (χ3n) is 3.73. The van der Waals surface area contributed by atoms with Gasteiger partial charge < -0.3 is 9.73 Å². The molecule has 0 spiro atoms. The third-order valence-corrected chi connectivity index (χ3v) is 4.62. The number of hydrogen-bond donors (Lipinski definition) is 1. The third kappa shape index (κ3) is 3.74. The second kappa shape index (κ2) is 6.15. The number of rotatable bonds is 5. The summed E-state index contributed by atoms with van der Waals surface area (Å²) in [6.07, 6.45) is 1.09. The molecule has 0 saturated heterocycles. The molecule has 1 aromatic heterocycles. The molecule has 0 amide bonds. The fraction of sp³-hybridized carbons (Fsp3) is 0.412. The largest absolute Gasteiger partial charge is 0.460 e. The second-order valence-corrected chi connectivity index (χ2v) is 6.68. The van der Waals surface area contributed by atoms with Crippen LogP contribution in [0.5, 0.6) is 0 Å². The first-order chi connectivity index (χ1) is 9.41. The van der Waals surface area contributed by atoms with Crippen molar-refractivity contribution in [2.45, 2.75) is 46.2 Å². The highest BCUT2D eigenvalue weighted by Gasteiger charge is 2.14. The zero-order valence-electron chi connectivity index (χ0n) is 12.6. The maximum Gasteiger partial charge on any atom is 0.134 e. The Bertz CT molecular complexity index is 586. The van der Waals surface area contributed by atoms with Crippen molar-refractivity contribution < 1.29 is 4.42 Å². The minimum atomic E-state index is 0.140. The summed E-state index contributed by atoms with van der Waals surface area (Å²) in [6, 6.07) is 10.4. The lowest BCUT2D eigenvalue weighted by atomic mass is 10.0. The van der Waals surface area contributed by atoms with Gasteiger partial charge in [-0.25, -0.2) is 0 Å². The predicted molar refractivity (Wildman–Crippen MR) is 87.8 cm³/mol. The molecule has 0 radical (unpaired) electrons. The summed E-state index contributed by atoms with van der Waals surface area (Å²) in [7, 11) is 0. The SMILES string of the molecule is CCC(C)(C)NCc1ccc(-c2ccc(Br)c(C)c2)o1. The molecule has 1 aromatic carbocycles. The van der Waals surface area contributed by atoms with E-state index in [0.29, 0.717) is 0 Å². The van der Waals surface area contributed by atoms with Gasteiger partial charge in [0, 0.05) is 15.6 Å². The molecule has 0 unspecified atom stereocenters. The number of benzene rings is 1. The Labute approximate surface area is 129 Å². The maximum atomic E-state index is 5.93. The molecule has 0 aliphatic carbocycles. The van der Waals surface area contributed by atoms with Gasteiger partial charge >= 0.3 is 0 Å². The first kappa shape index (κ1) is 15.3. The Morgan fingerprint density at radius 3 is 2.60 bits per heavy atom. The van der Waals surface area contributed by atoms with Crippen molar-refractivity contribution in [3.05, 3.63) is 46.1 Å². The average molecular weight is 336 g/mol. The highest BCUT2D eigenvalue weighted by Crippen LogP contribution is 2.26. The summed E-state index contributed by atoms with van der Waals surface area (Å²) in [6.45, 7) is 9.44. The first-order valence-electron chi connectivity index (χ1n) is 7.01. The Kier molecular flexibility index (Phi) is 4.71. The standard InChI is InChI=1S/C17H22BrNO/c1-5-17(3,4)19-11-14-7-9-16(20-14)13-6-8-15(18)12(2)10-13/h6-10,19H,5,11H2,1-4H3. The number of furan rings is 1. The van der Waals surface area contributed by atoms with E-state index < -0.39 is 0 Å². The van der Waals surface area contributed by atoms with E-state index in [0.717, 1.165) is 34.5 Å². The van der Waals surface area contributed by atoms with Gasteiger partial charge in [0.05, 0.1) is 6.54 Å². The van der Waals surface area contributed by atoms with Crippen LogP contribution in [0.15, 0.2) is 39.2 Å². The second-order valence-electron chi connectivity index (χ2n) is 5.82. The average Bonchev–Trinajstić information content (AvgIpc) is 2.89. The molecule has 2 nitrogen and oxygen atoms in total. The van der Waals surface area contributed by atoms with E-state index in [1.165, 1.54) is 5.56 Å². The molecule has 1 heterocycles. The Morgan fingerprint density at radius 2 is 1.95 bits per heavy atom. The highest BCUT2D eigenvalue weighted by molar-refractivity contribution is 9.10. The van der Waals surface area contributed by atoms with Gasteiger partial charge in [0.15, 0.2) is 0 Å². The molecule has 2 aromatic rings. The summed E-state index contributed by atoms with van der Waals surface area (Å²) in [5.41, 5.74) is 2.47. The molecule has 3 heteroatoms. The normalized spacial score (nSPS) is 11.8. The first-order valence-corrected chi connectivity index (χ1v) is 7.81. The van der Waals surface area contributed by atoms with Crippen LogP contribution in [0.1, 0.15) is 38.5 Å². The zero-order valence-corrected chi connectivity index (χ0v) is 14.2. The van der Waals surface area contributed by atoms with Crippen molar-refractivity contribution in [3.63, 3.8) is 0 Å². The number of aryl methyl sites for hydroxylation is 1. The Morgan fingerprint density at radius 1 is 1.20 bits per heavy atom. The van der Waals surface area contributed by atoms with E-state index in [9.17, 15) is 0 Å². The topological polar surface area (TPSA) is 25.2 Å². The van der Waals surface area contributed by atoms with Crippen molar-refractivity contribution in [1.82, 2.24) is 5.32 Å². The van der Waals surface area contributed by atoms with Crippen LogP contribution < -0.4 is 5.32 Å². The van der Waals surface area contributed by atoms with Crippen LogP contribution in [0.3, 0.4) is 0 Å². The Balaban J connectivity index is 2.10. The van der Waals surface area contributed by atoms with E-state index >= 15 is 0 Å². The molecular weight excluding hydrogens is 314 g/mol. The van der Waals surface area contributed by atoms with Crippen molar-refractivity contribution in [3.8, 4) is 11.3 Å². The lowest BCUT2D eigenvalue weighted by Gasteiger charge is -2.23. The number of halogens is 1. The number of hydrogen-bond acceptors (Lipinski definition) is 2. The van der Waals surface area contributed by atoms with Gasteiger partial charge in [-0.3, -0.25) is 0 Å². The van der Waals surface area contributed by atoms with Crippen LogP contribution in [-0.2, 0) is 6.54 Å². The predicted octanol–water partition coefficient (Wildman–Crippen LogP) is 5.30. The summed E-state index contributed by atoms with van der Waals surface area (Å²) in [5.74, 6) is 1.90. The van der Waals surface area contributed by atoms with Crippen molar-refractivity contribution in [2.24, 2.45) is 0 Å². The van der Waals surface area contributed by atoms with Gasteiger partial charge in [0.25, 0.3) is 0 Å². The lowest BCUT2D eigenvalue weighted by molar-refractivity contribution is 0.353. The van der Waals surface area contributed by atoms with Gasteiger partial charge in [-0.05, 0) is 57.0 Å². The van der Waals surface area contributed by atoms with Crippen molar-refractivity contribution in [2.75, 3.05) is 0 Å². The van der Waals surface area contributed by atoms with Crippen LogP contribution in [0.25, 0.3) is 11.3 Å². The minimum absolute atomic E-state index is 0.140. The number of nitrogens with one attached hydrogen (secondary N) is 1. The smallest absolute Gasteiger partial charge is 0.134 e. The molecule has 1 N–H and O–H groups in total. The van der Waals surface area contributed by atoms with Gasteiger partial charge in [0.2, 0.25) is 0 Å². The highest BCUT2D eigenvalue weighted by atomic mass is 79.9. The van der Waals surface area contributed by atoms with Crippen LogP contribution >= 0.6 is 15.9 Å². The quantitative estimate of drug-likeness (QED) is 0.802. The molecular formula is C17H22BrNO. The van der Waals surface area contributed by atoms with E-state index in [1.807, 2.05) is 12.1 Å². The molecule has 2 rings (SSSR count). The van der Waals surface area contributed by atoms with Crippen LogP contribution in [0.4, 0.5) is 0 Å². The zero-order chi connectivity index (χ0) is 14.8. The molecule has 0 saturated carbocycles. The van der Waals surface area contributed by atoms with E-state index in [1.54, 1.807) is 0 Å². The van der Waals surface area contributed by atoms with E-state index in [-0.39, 0.29) is 5.54 Å². The van der Waals surface area contributed by atoms with Crippen LogP contribution in [0.2, 0.25) is 0 Å². The van der Waals surface area contributed by atoms with Gasteiger partial charge in [0.1, 0.15) is 11.5 Å². The molecule has 20 heavy (non-hydrogen) atoms. The molecule has 0 fully saturated rings. The monoisotopic (exact) mass is 335 g/mol. The van der Waals surface area contributed by atoms with Gasteiger partial charge in [-0.1, -0.05) is 28.9 Å². The summed E-state index contributed by atoms with van der Waals surface area (Å²) >= 11 is 3.52. The molecule has 0 aliphatic rings. The maximum absolute atomic E-state index is 5.93. The fourth-order valence-electron chi connectivity index (χ4n) is 1.88. The van der Waals surface area contributed by atoms with Crippen molar-refractivity contribution in [1.29, 1.82) is 0 Å². The van der Waals surface area contributed by atoms with Crippen LogP contribution in [0, 0.1) is 6.92 Å². The van der Waals surface area contributed by atoms with Crippen LogP contribution in [-0.4, -0.2) is 5.54 Å². The summed E-state index contributed by atoms with van der Waals surface area (Å²) in [5, 5.41) is 3.51. The molecule has 108 valence electrons. The minimum Gasteiger partial charge on any atom is -0.460 e. The van der Waals surface area contributed by atoms with E-state index in [2.05, 4.69) is 67.1 Å². The lowest BCUT2D eigenvalue weighted by Crippen LogP contribution is -2.37. The molecule has 0 bridgehead atoms. The summed E-state index contributed by atoms with van der Waals surface area (Å²) < 4.78 is 7.05. The molecule has 0 aliphatic heterocycles.